The highest BCUT2D eigenvalue weighted by Gasteiger charge is 2.54. The number of rotatable bonds is 3. The monoisotopic (exact) mass is 355 g/mol. The number of imide groups is 1. The van der Waals surface area contributed by atoms with E-state index < -0.39 is 12.2 Å². The van der Waals surface area contributed by atoms with Crippen LogP contribution in [-0.4, -0.2) is 71.5 Å². The van der Waals surface area contributed by atoms with E-state index in [0.29, 0.717) is 6.54 Å². The minimum atomic E-state index is -0.443. The molecule has 3 aliphatic heterocycles. The number of guanidine groups is 1. The Bertz CT molecular complexity index is 790. The quantitative estimate of drug-likeness (QED) is 0.829. The second-order valence-corrected chi connectivity index (χ2v) is 7.71. The van der Waals surface area contributed by atoms with Crippen molar-refractivity contribution in [3.8, 4) is 0 Å². The Balaban J connectivity index is 1.66. The van der Waals surface area contributed by atoms with Crippen LogP contribution in [0.2, 0.25) is 0 Å². The Morgan fingerprint density at radius 2 is 2.00 bits per heavy atom. The summed E-state index contributed by atoms with van der Waals surface area (Å²) >= 11 is 0. The van der Waals surface area contributed by atoms with E-state index in [1.54, 1.807) is 11.9 Å². The fourth-order valence-corrected chi connectivity index (χ4v) is 4.01. The molecule has 0 spiro atoms. The normalized spacial score (nSPS) is 25.2. The van der Waals surface area contributed by atoms with Gasteiger partial charge >= 0.3 is 6.03 Å². The zero-order chi connectivity index (χ0) is 18.6. The van der Waals surface area contributed by atoms with Gasteiger partial charge in [0, 0.05) is 32.4 Å². The summed E-state index contributed by atoms with van der Waals surface area (Å²) in [6, 6.07) is 7.60. The predicted molar refractivity (Wildman–Crippen MR) is 100.0 cm³/mol. The largest absolute Gasteiger partial charge is 0.328 e. The molecule has 3 aliphatic rings. The highest BCUT2D eigenvalue weighted by atomic mass is 16.2. The second-order valence-electron chi connectivity index (χ2n) is 7.71. The molecule has 3 amide bonds. The van der Waals surface area contributed by atoms with Gasteiger partial charge in [-0.25, -0.2) is 9.79 Å². The van der Waals surface area contributed by atoms with Crippen LogP contribution in [0.5, 0.6) is 0 Å². The van der Waals surface area contributed by atoms with Crippen molar-refractivity contribution >= 4 is 23.6 Å². The molecule has 2 atom stereocenters. The topological polar surface area (TPSA) is 59.5 Å². The fraction of sp³-hybridized carbons (Fsp3) is 0.526. The number of nitrogens with zero attached hydrogens (tertiary/aromatic N) is 5. The average Bonchev–Trinajstić information content (AvgIpc) is 3.15. The van der Waals surface area contributed by atoms with Crippen LogP contribution in [0.4, 0.5) is 10.5 Å². The van der Waals surface area contributed by atoms with Crippen molar-refractivity contribution in [3.63, 3.8) is 0 Å². The molecule has 2 unspecified atom stereocenters. The third-order valence-corrected chi connectivity index (χ3v) is 5.24. The lowest BCUT2D eigenvalue weighted by atomic mass is 10.1. The van der Waals surface area contributed by atoms with Crippen molar-refractivity contribution in [2.45, 2.75) is 33.0 Å². The number of anilines is 1. The molecule has 7 nitrogen and oxygen atoms in total. The zero-order valence-electron chi connectivity index (χ0n) is 15.7. The predicted octanol–water partition coefficient (Wildman–Crippen LogP) is 1.73. The number of carbonyl (C=O) groups excluding carboxylic acids is 2. The number of benzene rings is 1. The van der Waals surface area contributed by atoms with Crippen molar-refractivity contribution in [2.24, 2.45) is 10.9 Å². The van der Waals surface area contributed by atoms with Crippen LogP contribution in [0.25, 0.3) is 0 Å². The van der Waals surface area contributed by atoms with Crippen molar-refractivity contribution < 1.29 is 9.59 Å². The highest BCUT2D eigenvalue weighted by Crippen LogP contribution is 2.33. The standard InChI is InChI=1S/C19H25N5O2/c1-12(2)11-24-17(25)15-16(21(4)19(24)26)20-18-22(8-9-23(15)18)14-7-5-6-13(3)10-14/h5-7,10,12,15-16H,8-9,11H2,1-4H3. The zero-order valence-corrected chi connectivity index (χ0v) is 15.7. The molecule has 1 aromatic rings. The van der Waals surface area contributed by atoms with Gasteiger partial charge in [-0.05, 0) is 30.5 Å². The van der Waals surface area contributed by atoms with Crippen LogP contribution in [0.3, 0.4) is 0 Å². The van der Waals surface area contributed by atoms with Gasteiger partial charge in [-0.15, -0.1) is 0 Å². The van der Waals surface area contributed by atoms with E-state index in [4.69, 9.17) is 4.99 Å². The van der Waals surface area contributed by atoms with Gasteiger partial charge in [0.25, 0.3) is 5.91 Å². The van der Waals surface area contributed by atoms with Crippen LogP contribution in [-0.2, 0) is 4.79 Å². The van der Waals surface area contributed by atoms with E-state index in [-0.39, 0.29) is 17.9 Å². The van der Waals surface area contributed by atoms with Crippen LogP contribution in [0.15, 0.2) is 29.3 Å². The summed E-state index contributed by atoms with van der Waals surface area (Å²) in [5.41, 5.74) is 2.26. The minimum absolute atomic E-state index is 0.128. The molecule has 4 rings (SSSR count). The Morgan fingerprint density at radius 1 is 1.23 bits per heavy atom. The number of carbonyl (C=O) groups is 2. The summed E-state index contributed by atoms with van der Waals surface area (Å²) in [7, 11) is 1.74. The molecular formula is C19H25N5O2. The average molecular weight is 355 g/mol. The van der Waals surface area contributed by atoms with Gasteiger partial charge < -0.3 is 14.7 Å². The van der Waals surface area contributed by atoms with Gasteiger partial charge in [0.2, 0.25) is 5.96 Å². The number of urea groups is 1. The number of hydrogen-bond donors (Lipinski definition) is 0. The summed E-state index contributed by atoms with van der Waals surface area (Å²) in [6.45, 7) is 8.05. The van der Waals surface area contributed by atoms with E-state index in [1.807, 2.05) is 19.9 Å². The first kappa shape index (κ1) is 16.9. The molecule has 26 heavy (non-hydrogen) atoms. The maximum atomic E-state index is 13.1. The van der Waals surface area contributed by atoms with Crippen LogP contribution in [0.1, 0.15) is 19.4 Å². The van der Waals surface area contributed by atoms with Gasteiger partial charge in [0.1, 0.15) is 0 Å². The van der Waals surface area contributed by atoms with E-state index in [1.165, 1.54) is 10.5 Å². The number of amides is 3. The van der Waals surface area contributed by atoms with Gasteiger partial charge in [-0.1, -0.05) is 26.0 Å². The molecule has 0 radical (unpaired) electrons. The third-order valence-electron chi connectivity index (χ3n) is 5.24. The Hall–Kier alpha value is -2.57. The summed E-state index contributed by atoms with van der Waals surface area (Å²) in [4.78, 5) is 37.7. The lowest BCUT2D eigenvalue weighted by molar-refractivity contribution is -0.137. The van der Waals surface area contributed by atoms with Crippen LogP contribution >= 0.6 is 0 Å². The molecule has 0 aliphatic carbocycles. The highest BCUT2D eigenvalue weighted by molar-refractivity contribution is 6.08. The van der Waals surface area contributed by atoms with E-state index in [2.05, 4.69) is 34.9 Å². The van der Waals surface area contributed by atoms with Crippen molar-refractivity contribution in [3.05, 3.63) is 29.8 Å². The van der Waals surface area contributed by atoms with Gasteiger partial charge in [-0.2, -0.15) is 0 Å². The van der Waals surface area contributed by atoms with Crippen molar-refractivity contribution in [1.29, 1.82) is 0 Å². The molecule has 0 aromatic heterocycles. The van der Waals surface area contributed by atoms with Crippen molar-refractivity contribution in [1.82, 2.24) is 14.7 Å². The molecule has 7 heteroatoms. The molecule has 2 fully saturated rings. The molecule has 2 saturated heterocycles. The number of hydrogen-bond acceptors (Lipinski definition) is 5. The smallest absolute Gasteiger partial charge is 0.325 e. The molecule has 3 heterocycles. The van der Waals surface area contributed by atoms with E-state index >= 15 is 0 Å². The lowest BCUT2D eigenvalue weighted by Crippen LogP contribution is -2.65. The maximum Gasteiger partial charge on any atom is 0.328 e. The summed E-state index contributed by atoms with van der Waals surface area (Å²) in [5.74, 6) is 0.902. The molecular weight excluding hydrogens is 330 g/mol. The number of aryl methyl sites for hydroxylation is 1. The minimum Gasteiger partial charge on any atom is -0.325 e. The number of likely N-dealkylation sites (N-methyl/N-ethyl adjacent to an activating group) is 1. The maximum absolute atomic E-state index is 13.1. The SMILES string of the molecule is Cc1cccc(N2CCN3C2=NC2C3C(=O)N(CC(C)C)C(=O)N2C)c1. The van der Waals surface area contributed by atoms with E-state index in [9.17, 15) is 9.59 Å². The third kappa shape index (κ3) is 2.45. The van der Waals surface area contributed by atoms with Crippen LogP contribution in [0, 0.1) is 12.8 Å². The molecule has 0 N–H and O–H groups in total. The first-order valence-electron chi connectivity index (χ1n) is 9.15. The summed E-state index contributed by atoms with van der Waals surface area (Å²) in [5, 5.41) is 0. The van der Waals surface area contributed by atoms with Gasteiger partial charge in [-0.3, -0.25) is 9.69 Å². The summed E-state index contributed by atoms with van der Waals surface area (Å²) < 4.78 is 0. The Labute approximate surface area is 153 Å². The molecule has 1 aromatic carbocycles. The van der Waals surface area contributed by atoms with Crippen molar-refractivity contribution in [2.75, 3.05) is 31.6 Å². The summed E-state index contributed by atoms with van der Waals surface area (Å²) in [6.07, 6.45) is -0.443. The molecule has 138 valence electrons. The lowest BCUT2D eigenvalue weighted by Gasteiger charge is -2.41. The molecule has 0 bridgehead atoms. The number of fused-ring (bicyclic) bond motifs is 3. The first-order chi connectivity index (χ1) is 12.4. The fourth-order valence-electron chi connectivity index (χ4n) is 4.01. The van der Waals surface area contributed by atoms with Crippen LogP contribution < -0.4 is 4.90 Å². The Kier molecular flexibility index (Phi) is 3.89. The van der Waals surface area contributed by atoms with Gasteiger partial charge in [0.05, 0.1) is 0 Å². The number of aliphatic imine (C=N–C) groups is 1. The first-order valence-corrected chi connectivity index (χ1v) is 9.15. The second kappa shape index (κ2) is 6.00. The van der Waals surface area contributed by atoms with E-state index in [0.717, 1.165) is 24.7 Å². The molecule has 0 saturated carbocycles. The Morgan fingerprint density at radius 3 is 2.69 bits per heavy atom. The van der Waals surface area contributed by atoms with Gasteiger partial charge in [0.15, 0.2) is 12.2 Å².